The molecular weight excluding hydrogens is 388 g/mol. The highest BCUT2D eigenvalue weighted by atomic mass is 16.2. The lowest BCUT2D eigenvalue weighted by atomic mass is 9.74. The first-order chi connectivity index (χ1) is 15.0. The predicted octanol–water partition coefficient (Wildman–Crippen LogP) is 3.34. The summed E-state index contributed by atoms with van der Waals surface area (Å²) in [6.45, 7) is 2.78. The maximum absolute atomic E-state index is 12.7. The van der Waals surface area contributed by atoms with Crippen molar-refractivity contribution in [1.82, 2.24) is 15.5 Å². The maximum atomic E-state index is 12.7. The summed E-state index contributed by atoms with van der Waals surface area (Å²) in [6, 6.07) is 0.514. The molecule has 0 spiro atoms. The van der Waals surface area contributed by atoms with Crippen molar-refractivity contribution in [2.24, 2.45) is 17.6 Å². The maximum Gasteiger partial charge on any atom is 0.239 e. The van der Waals surface area contributed by atoms with Gasteiger partial charge in [0.15, 0.2) is 0 Å². The van der Waals surface area contributed by atoms with Crippen LogP contribution in [0.3, 0.4) is 0 Å². The van der Waals surface area contributed by atoms with Gasteiger partial charge in [0.1, 0.15) is 0 Å². The van der Waals surface area contributed by atoms with E-state index < -0.39 is 5.54 Å². The van der Waals surface area contributed by atoms with Crippen molar-refractivity contribution in [3.63, 3.8) is 0 Å². The molecule has 0 bridgehead atoms. The lowest BCUT2D eigenvalue weighted by Crippen LogP contribution is -2.55. The third-order valence-corrected chi connectivity index (χ3v) is 8.05. The van der Waals surface area contributed by atoms with Gasteiger partial charge in [-0.15, -0.1) is 0 Å². The van der Waals surface area contributed by atoms with E-state index in [1.807, 2.05) is 4.90 Å². The number of hydrogen-bond acceptors (Lipinski definition) is 4. The van der Waals surface area contributed by atoms with E-state index in [0.29, 0.717) is 17.9 Å². The van der Waals surface area contributed by atoms with Gasteiger partial charge in [-0.2, -0.15) is 0 Å². The average Bonchev–Trinajstić information content (AvgIpc) is 3.20. The number of nitrogens with zero attached hydrogens (tertiary/aromatic N) is 1. The molecule has 0 aromatic carbocycles. The highest BCUT2D eigenvalue weighted by Crippen LogP contribution is 2.35. The molecular formula is C25H46N4O2. The molecule has 3 aliphatic rings. The van der Waals surface area contributed by atoms with Crippen molar-refractivity contribution in [1.29, 1.82) is 0 Å². The second-order valence-corrected chi connectivity index (χ2v) is 10.5. The molecule has 0 aromatic rings. The Hall–Kier alpha value is -1.14. The van der Waals surface area contributed by atoms with Crippen molar-refractivity contribution in [2.75, 3.05) is 26.7 Å². The first kappa shape index (κ1) is 24.5. The lowest BCUT2D eigenvalue weighted by Gasteiger charge is -2.37. The van der Waals surface area contributed by atoms with Gasteiger partial charge >= 0.3 is 0 Å². The number of carbonyl (C=O) groups is 2. The molecule has 31 heavy (non-hydrogen) atoms. The minimum Gasteiger partial charge on any atom is -0.358 e. The Labute approximate surface area is 189 Å². The molecule has 0 aromatic heterocycles. The summed E-state index contributed by atoms with van der Waals surface area (Å²) in [4.78, 5) is 26.5. The van der Waals surface area contributed by atoms with Gasteiger partial charge in [-0.05, 0) is 63.3 Å². The molecule has 178 valence electrons. The smallest absolute Gasteiger partial charge is 0.239 e. The van der Waals surface area contributed by atoms with Crippen LogP contribution in [0.1, 0.15) is 96.3 Å². The molecule has 1 aliphatic heterocycles. The summed E-state index contributed by atoms with van der Waals surface area (Å²) in [5, 5.41) is 6.58. The van der Waals surface area contributed by atoms with Crippen molar-refractivity contribution >= 4 is 11.8 Å². The SMILES string of the molecule is CNC(=O)[C@@](N)(CCC1CCCCC1)C[C@H]1CCC[C@@H](NCCCN2CCCC2=O)C1. The van der Waals surface area contributed by atoms with Gasteiger partial charge in [0.25, 0.3) is 0 Å². The number of nitrogens with one attached hydrogen (secondary N) is 2. The molecule has 4 N–H and O–H groups in total. The third kappa shape index (κ3) is 7.45. The first-order valence-corrected chi connectivity index (χ1v) is 13.0. The van der Waals surface area contributed by atoms with Crippen molar-refractivity contribution in [3.05, 3.63) is 0 Å². The van der Waals surface area contributed by atoms with E-state index in [-0.39, 0.29) is 5.91 Å². The van der Waals surface area contributed by atoms with Gasteiger partial charge in [-0.25, -0.2) is 0 Å². The second kappa shape index (κ2) is 12.2. The molecule has 6 nitrogen and oxygen atoms in total. The standard InChI is InChI=1S/C25H46N4O2/c1-27-24(31)25(26,14-13-20-8-3-2-4-9-20)19-21-10-5-11-22(18-21)28-15-7-17-29-16-6-12-23(29)30/h20-22,28H,2-19,26H2,1H3,(H,27,31)/t21-,22+,25+/m0/s1. The highest BCUT2D eigenvalue weighted by molar-refractivity contribution is 5.85. The number of hydrogen-bond donors (Lipinski definition) is 3. The molecule has 0 radical (unpaired) electrons. The monoisotopic (exact) mass is 434 g/mol. The number of carbonyl (C=O) groups excluding carboxylic acids is 2. The summed E-state index contributed by atoms with van der Waals surface area (Å²) in [7, 11) is 1.72. The normalized spacial score (nSPS) is 27.3. The third-order valence-electron chi connectivity index (χ3n) is 8.05. The van der Waals surface area contributed by atoms with Gasteiger partial charge < -0.3 is 21.3 Å². The summed E-state index contributed by atoms with van der Waals surface area (Å²) in [5.74, 6) is 1.61. The number of amides is 2. The summed E-state index contributed by atoms with van der Waals surface area (Å²) < 4.78 is 0. The molecule has 6 heteroatoms. The Morgan fingerprint density at radius 2 is 1.87 bits per heavy atom. The van der Waals surface area contributed by atoms with Crippen LogP contribution in [0, 0.1) is 11.8 Å². The minimum atomic E-state index is -0.727. The number of rotatable bonds is 11. The molecule has 3 rings (SSSR count). The zero-order valence-electron chi connectivity index (χ0n) is 19.8. The van der Waals surface area contributed by atoms with Gasteiger partial charge in [0.2, 0.25) is 11.8 Å². The van der Waals surface area contributed by atoms with Crippen molar-refractivity contribution in [2.45, 2.75) is 108 Å². The fourth-order valence-corrected chi connectivity index (χ4v) is 6.19. The van der Waals surface area contributed by atoms with Crippen LogP contribution in [0.5, 0.6) is 0 Å². The van der Waals surface area contributed by atoms with Crippen LogP contribution < -0.4 is 16.4 Å². The lowest BCUT2D eigenvalue weighted by molar-refractivity contribution is -0.128. The van der Waals surface area contributed by atoms with Crippen LogP contribution in [0.15, 0.2) is 0 Å². The fraction of sp³-hybridized carbons (Fsp3) is 0.920. The van der Waals surface area contributed by atoms with E-state index >= 15 is 0 Å². The minimum absolute atomic E-state index is 0.0219. The summed E-state index contributed by atoms with van der Waals surface area (Å²) in [5.41, 5.74) is 6.05. The Morgan fingerprint density at radius 1 is 1.10 bits per heavy atom. The van der Waals surface area contributed by atoms with E-state index in [9.17, 15) is 9.59 Å². The van der Waals surface area contributed by atoms with E-state index in [1.165, 1.54) is 51.4 Å². The Balaban J connectivity index is 1.43. The number of likely N-dealkylation sites (tertiary alicyclic amines) is 1. The number of nitrogens with two attached hydrogens (primary N) is 1. The number of likely N-dealkylation sites (N-methyl/N-ethyl adjacent to an activating group) is 1. The second-order valence-electron chi connectivity index (χ2n) is 10.5. The van der Waals surface area contributed by atoms with Gasteiger partial charge in [0.05, 0.1) is 5.54 Å². The largest absolute Gasteiger partial charge is 0.358 e. The zero-order valence-corrected chi connectivity index (χ0v) is 19.8. The van der Waals surface area contributed by atoms with E-state index in [0.717, 1.165) is 70.5 Å². The van der Waals surface area contributed by atoms with Crippen molar-refractivity contribution < 1.29 is 9.59 Å². The molecule has 2 amide bonds. The fourth-order valence-electron chi connectivity index (χ4n) is 6.19. The van der Waals surface area contributed by atoms with Gasteiger partial charge in [-0.1, -0.05) is 44.9 Å². The average molecular weight is 435 g/mol. The molecule has 1 saturated heterocycles. The van der Waals surface area contributed by atoms with E-state index in [4.69, 9.17) is 5.73 Å². The molecule has 0 unspecified atom stereocenters. The highest BCUT2D eigenvalue weighted by Gasteiger charge is 2.37. The van der Waals surface area contributed by atoms with Crippen LogP contribution >= 0.6 is 0 Å². The Morgan fingerprint density at radius 3 is 2.58 bits per heavy atom. The molecule has 3 atom stereocenters. The molecule has 3 fully saturated rings. The summed E-state index contributed by atoms with van der Waals surface area (Å²) >= 11 is 0. The van der Waals surface area contributed by atoms with E-state index in [1.54, 1.807) is 7.05 Å². The van der Waals surface area contributed by atoms with Crippen LogP contribution in [0.2, 0.25) is 0 Å². The zero-order chi connectivity index (χ0) is 22.1. The van der Waals surface area contributed by atoms with E-state index in [2.05, 4.69) is 10.6 Å². The van der Waals surface area contributed by atoms with Crippen LogP contribution in [-0.4, -0.2) is 55.0 Å². The topological polar surface area (TPSA) is 87.5 Å². The quantitative estimate of drug-likeness (QED) is 0.435. The Kier molecular flexibility index (Phi) is 9.64. The van der Waals surface area contributed by atoms with Crippen LogP contribution in [0.25, 0.3) is 0 Å². The first-order valence-electron chi connectivity index (χ1n) is 13.0. The Bertz CT molecular complexity index is 578. The van der Waals surface area contributed by atoms with Gasteiger partial charge in [-0.3, -0.25) is 9.59 Å². The van der Waals surface area contributed by atoms with Crippen LogP contribution in [0.4, 0.5) is 0 Å². The van der Waals surface area contributed by atoms with Gasteiger partial charge in [0, 0.05) is 32.6 Å². The molecule has 2 aliphatic carbocycles. The molecule has 2 saturated carbocycles. The predicted molar refractivity (Wildman–Crippen MR) is 126 cm³/mol. The van der Waals surface area contributed by atoms with Crippen molar-refractivity contribution in [3.8, 4) is 0 Å². The van der Waals surface area contributed by atoms with Crippen LogP contribution in [-0.2, 0) is 9.59 Å². The summed E-state index contributed by atoms with van der Waals surface area (Å²) in [6.07, 6.45) is 16.8. The molecule has 1 heterocycles.